The van der Waals surface area contributed by atoms with Crippen molar-refractivity contribution in [1.29, 1.82) is 0 Å². The van der Waals surface area contributed by atoms with Crippen LogP contribution in [0, 0.1) is 0 Å². The van der Waals surface area contributed by atoms with E-state index >= 15 is 0 Å². The predicted octanol–water partition coefficient (Wildman–Crippen LogP) is 2.40. The molecule has 1 aromatic carbocycles. The quantitative estimate of drug-likeness (QED) is 0.486. The smallest absolute Gasteiger partial charge is 0.241 e. The second kappa shape index (κ2) is 3.82. The van der Waals surface area contributed by atoms with Crippen LogP contribution in [-0.2, 0) is 6.18 Å². The van der Waals surface area contributed by atoms with Gasteiger partial charge < -0.3 is 0 Å². The van der Waals surface area contributed by atoms with Crippen LogP contribution >= 0.6 is 0 Å². The van der Waals surface area contributed by atoms with E-state index in [4.69, 9.17) is 0 Å². The molecule has 0 saturated carbocycles. The number of alkyl halides is 3. The van der Waals surface area contributed by atoms with Crippen molar-refractivity contribution >= 4 is 6.21 Å². The van der Waals surface area contributed by atoms with Gasteiger partial charge in [0.25, 0.3) is 0 Å². The molecule has 0 saturated heterocycles. The molecule has 1 aromatic rings. The number of hydrogen-bond acceptors (Lipinski definition) is 0. The Morgan fingerprint density at radius 1 is 1.07 bits per heavy atom. The summed E-state index contributed by atoms with van der Waals surface area (Å²) < 4.78 is 38.3. The van der Waals surface area contributed by atoms with Crippen LogP contribution in [0.1, 0.15) is 11.1 Å². The molecule has 0 aliphatic carbocycles. The fraction of sp³-hybridized carbons (Fsp3) is 0.300. The van der Waals surface area contributed by atoms with Gasteiger partial charge in [0.05, 0.1) is 5.56 Å². The first-order valence-electron chi connectivity index (χ1n) is 4.08. The van der Waals surface area contributed by atoms with Crippen molar-refractivity contribution in [3.8, 4) is 0 Å². The molecule has 14 heavy (non-hydrogen) atoms. The molecule has 1 nitrogen and oxygen atoms in total. The van der Waals surface area contributed by atoms with Crippen molar-refractivity contribution in [1.82, 2.24) is 0 Å². The van der Waals surface area contributed by atoms with Crippen LogP contribution in [0.2, 0.25) is 0 Å². The number of halogens is 3. The highest BCUT2D eigenvalue weighted by Gasteiger charge is 2.29. The van der Waals surface area contributed by atoms with Crippen molar-refractivity contribution < 1.29 is 17.7 Å². The summed E-state index contributed by atoms with van der Waals surface area (Å²) in [5.74, 6) is 0. The van der Waals surface area contributed by atoms with E-state index in [-0.39, 0.29) is 0 Å². The number of rotatable bonds is 1. The molecule has 0 atom stereocenters. The first-order chi connectivity index (χ1) is 6.39. The molecule has 0 radical (unpaired) electrons. The van der Waals surface area contributed by atoms with Crippen LogP contribution in [-0.4, -0.2) is 24.9 Å². The van der Waals surface area contributed by atoms with Gasteiger partial charge in [-0.25, -0.2) is 4.58 Å². The first kappa shape index (κ1) is 10.8. The molecule has 0 spiro atoms. The summed E-state index contributed by atoms with van der Waals surface area (Å²) in [5.41, 5.74) is 0.136. The highest BCUT2D eigenvalue weighted by molar-refractivity contribution is 5.75. The molecule has 0 aliphatic rings. The Labute approximate surface area is 80.5 Å². The highest BCUT2D eigenvalue weighted by atomic mass is 19.4. The van der Waals surface area contributed by atoms with E-state index in [1.165, 1.54) is 12.1 Å². The van der Waals surface area contributed by atoms with Gasteiger partial charge in [0.1, 0.15) is 14.1 Å². The average molecular weight is 202 g/mol. The van der Waals surface area contributed by atoms with Crippen LogP contribution < -0.4 is 0 Å². The highest BCUT2D eigenvalue weighted by Crippen LogP contribution is 2.28. The molecule has 4 heteroatoms. The zero-order valence-corrected chi connectivity index (χ0v) is 7.97. The Bertz CT molecular complexity index is 331. The molecule has 0 unspecified atom stereocenters. The molecule has 0 aromatic heterocycles. The van der Waals surface area contributed by atoms with Crippen LogP contribution in [0.5, 0.6) is 0 Å². The topological polar surface area (TPSA) is 3.01 Å². The van der Waals surface area contributed by atoms with E-state index in [9.17, 15) is 13.2 Å². The summed E-state index contributed by atoms with van der Waals surface area (Å²) in [7, 11) is 3.63. The summed E-state index contributed by atoms with van der Waals surface area (Å²) in [6.07, 6.45) is -2.50. The van der Waals surface area contributed by atoms with Gasteiger partial charge >= 0.3 is 6.18 Å². The largest absolute Gasteiger partial charge is 0.416 e. The number of benzene rings is 1. The number of nitrogens with zero attached hydrogens (tertiary/aromatic N) is 1. The monoisotopic (exact) mass is 202 g/mol. The third kappa shape index (κ3) is 2.87. The lowest BCUT2D eigenvalue weighted by atomic mass is 10.1. The fourth-order valence-electron chi connectivity index (χ4n) is 1.06. The molecular weight excluding hydrogens is 191 g/mol. The molecule has 0 fully saturated rings. The third-order valence-corrected chi connectivity index (χ3v) is 1.65. The zero-order chi connectivity index (χ0) is 10.8. The molecule has 0 bridgehead atoms. The molecule has 0 heterocycles. The van der Waals surface area contributed by atoms with Crippen molar-refractivity contribution in [2.24, 2.45) is 0 Å². The summed E-state index contributed by atoms with van der Waals surface area (Å²) in [6.45, 7) is 0. The molecular formula is C10H11F3N+. The molecule has 1 rings (SSSR count). The summed E-state index contributed by atoms with van der Waals surface area (Å²) in [4.78, 5) is 0. The predicted molar refractivity (Wildman–Crippen MR) is 48.7 cm³/mol. The Morgan fingerprint density at radius 3 is 1.93 bits per heavy atom. The van der Waals surface area contributed by atoms with Gasteiger partial charge in [0, 0.05) is 5.56 Å². The van der Waals surface area contributed by atoms with Gasteiger partial charge in [0.2, 0.25) is 0 Å². The minimum atomic E-state index is -4.25. The van der Waals surface area contributed by atoms with Gasteiger partial charge in [-0.2, -0.15) is 13.2 Å². The van der Waals surface area contributed by atoms with E-state index < -0.39 is 11.7 Å². The van der Waals surface area contributed by atoms with Gasteiger partial charge in [-0.1, -0.05) is 0 Å². The maximum Gasteiger partial charge on any atom is 0.416 e. The summed E-state index contributed by atoms with van der Waals surface area (Å²) in [6, 6.07) is 5.05. The van der Waals surface area contributed by atoms with Gasteiger partial charge in [-0.05, 0) is 24.3 Å². The van der Waals surface area contributed by atoms with Crippen molar-refractivity contribution in [2.75, 3.05) is 14.1 Å². The lowest BCUT2D eigenvalue weighted by Gasteiger charge is -2.05. The second-order valence-corrected chi connectivity index (χ2v) is 3.21. The maximum absolute atomic E-state index is 12.2. The normalized spacial score (nSPS) is 11.2. The van der Waals surface area contributed by atoms with Crippen LogP contribution in [0.15, 0.2) is 24.3 Å². The van der Waals surface area contributed by atoms with E-state index in [2.05, 4.69) is 0 Å². The van der Waals surface area contributed by atoms with E-state index in [1.54, 1.807) is 10.8 Å². The SMILES string of the molecule is C[N+](C)=Cc1ccc(C(F)(F)F)cc1. The first-order valence-corrected chi connectivity index (χ1v) is 4.08. The maximum atomic E-state index is 12.2. The number of hydrogen-bond donors (Lipinski definition) is 0. The Morgan fingerprint density at radius 2 is 1.57 bits per heavy atom. The summed E-state index contributed by atoms with van der Waals surface area (Å²) >= 11 is 0. The fourth-order valence-corrected chi connectivity index (χ4v) is 1.06. The molecule has 0 amide bonds. The van der Waals surface area contributed by atoms with Crippen LogP contribution in [0.4, 0.5) is 13.2 Å². The van der Waals surface area contributed by atoms with Crippen LogP contribution in [0.25, 0.3) is 0 Å². The standard InChI is InChI=1S/C10H11F3N/c1-14(2)7-8-3-5-9(6-4-8)10(11,12)13/h3-7H,1-2H3/q+1. The lowest BCUT2D eigenvalue weighted by Crippen LogP contribution is -2.05. The average Bonchev–Trinajstić information content (AvgIpc) is 2.02. The molecule has 0 N–H and O–H groups in total. The summed E-state index contributed by atoms with van der Waals surface area (Å²) in [5, 5.41) is 0. The Hall–Kier alpha value is -1.32. The van der Waals surface area contributed by atoms with E-state index in [0.29, 0.717) is 0 Å². The van der Waals surface area contributed by atoms with Crippen molar-refractivity contribution in [2.45, 2.75) is 6.18 Å². The van der Waals surface area contributed by atoms with E-state index in [0.717, 1.165) is 17.7 Å². The van der Waals surface area contributed by atoms with Gasteiger partial charge in [0.15, 0.2) is 6.21 Å². The van der Waals surface area contributed by atoms with Crippen molar-refractivity contribution in [3.63, 3.8) is 0 Å². The lowest BCUT2D eigenvalue weighted by molar-refractivity contribution is -0.458. The Kier molecular flexibility index (Phi) is 2.93. The van der Waals surface area contributed by atoms with E-state index in [1.807, 2.05) is 14.1 Å². The molecule has 0 aliphatic heterocycles. The molecule has 76 valence electrons. The van der Waals surface area contributed by atoms with Crippen molar-refractivity contribution in [3.05, 3.63) is 35.4 Å². The minimum absolute atomic E-state index is 0.617. The Balaban J connectivity index is 2.95. The van der Waals surface area contributed by atoms with Gasteiger partial charge in [-0.15, -0.1) is 0 Å². The second-order valence-electron chi connectivity index (χ2n) is 3.21. The zero-order valence-electron chi connectivity index (χ0n) is 7.97. The van der Waals surface area contributed by atoms with Gasteiger partial charge in [-0.3, -0.25) is 0 Å². The van der Waals surface area contributed by atoms with Crippen LogP contribution in [0.3, 0.4) is 0 Å². The third-order valence-electron chi connectivity index (χ3n) is 1.65. The minimum Gasteiger partial charge on any atom is -0.241 e.